The molecule has 2 aromatic rings. The number of aromatic hydroxyl groups is 1. The van der Waals surface area contributed by atoms with E-state index in [2.05, 4.69) is 4.98 Å². The van der Waals surface area contributed by atoms with E-state index in [1.54, 1.807) is 18.2 Å². The Kier molecular flexibility index (Phi) is 6.71. The fourth-order valence-electron chi connectivity index (χ4n) is 2.81. The van der Waals surface area contributed by atoms with Crippen molar-refractivity contribution < 1.29 is 23.0 Å². The Morgan fingerprint density at radius 1 is 1.18 bits per heavy atom. The molecule has 0 radical (unpaired) electrons. The fourth-order valence-corrected chi connectivity index (χ4v) is 3.91. The van der Waals surface area contributed by atoms with Crippen LogP contribution in [0.4, 0.5) is 0 Å². The Balaban J connectivity index is 3.00. The SMILES string of the molecule is CCCCc1nc(O)c(S(=O)(=O)C(C)C)c(=O)n1-c1c(OC)cccc1OC. The van der Waals surface area contributed by atoms with Gasteiger partial charge in [0.05, 0.1) is 19.5 Å². The van der Waals surface area contributed by atoms with Crippen molar-refractivity contribution in [3.8, 4) is 23.1 Å². The number of hydrogen-bond acceptors (Lipinski definition) is 7. The first-order valence-corrected chi connectivity index (χ1v) is 10.5. The quantitative estimate of drug-likeness (QED) is 0.712. The van der Waals surface area contributed by atoms with Gasteiger partial charge in [-0.15, -0.1) is 0 Å². The third-order valence-electron chi connectivity index (χ3n) is 4.38. The van der Waals surface area contributed by atoms with Crippen molar-refractivity contribution in [2.75, 3.05) is 14.2 Å². The van der Waals surface area contributed by atoms with Crippen molar-refractivity contribution in [3.05, 3.63) is 34.4 Å². The molecule has 0 bridgehead atoms. The maximum absolute atomic E-state index is 13.3. The number of para-hydroxylation sites is 1. The summed E-state index contributed by atoms with van der Waals surface area (Å²) in [5.41, 5.74) is -0.633. The summed E-state index contributed by atoms with van der Waals surface area (Å²) in [5, 5.41) is 9.41. The summed E-state index contributed by atoms with van der Waals surface area (Å²) in [6.45, 7) is 4.85. The first-order valence-electron chi connectivity index (χ1n) is 9.00. The number of hydrogen-bond donors (Lipinski definition) is 1. The molecule has 154 valence electrons. The van der Waals surface area contributed by atoms with E-state index < -0.39 is 31.4 Å². The maximum atomic E-state index is 13.3. The van der Waals surface area contributed by atoms with Crippen LogP contribution in [0.3, 0.4) is 0 Å². The molecule has 0 amide bonds. The summed E-state index contributed by atoms with van der Waals surface area (Å²) in [4.78, 5) is 16.7. The Hall–Kier alpha value is -2.55. The minimum atomic E-state index is -4.07. The summed E-state index contributed by atoms with van der Waals surface area (Å²) in [6.07, 6.45) is 1.88. The standard InChI is InChI=1S/C19H26N2O6S/c1-6-7-11-15-20-18(22)17(28(24,25)12(2)3)19(23)21(15)16-13(26-4)9-8-10-14(16)27-5/h8-10,12,22H,6-7,11H2,1-5H3. The summed E-state index contributed by atoms with van der Waals surface area (Å²) in [5.74, 6) is 0.0870. The number of methoxy groups -OCH3 is 2. The van der Waals surface area contributed by atoms with Crippen molar-refractivity contribution >= 4 is 9.84 Å². The summed E-state index contributed by atoms with van der Waals surface area (Å²) in [6, 6.07) is 4.96. The zero-order valence-corrected chi connectivity index (χ0v) is 17.5. The zero-order valence-electron chi connectivity index (χ0n) is 16.7. The first-order chi connectivity index (χ1) is 13.2. The van der Waals surface area contributed by atoms with E-state index in [1.165, 1.54) is 32.6 Å². The summed E-state index contributed by atoms with van der Waals surface area (Å²) in [7, 11) is -1.19. The van der Waals surface area contributed by atoms with Crippen LogP contribution in [0.5, 0.6) is 17.4 Å². The molecule has 8 nitrogen and oxygen atoms in total. The number of unbranched alkanes of at least 4 members (excludes halogenated alkanes) is 1. The molecule has 0 aliphatic rings. The van der Waals surface area contributed by atoms with Crippen LogP contribution in [-0.4, -0.2) is 42.5 Å². The second kappa shape index (κ2) is 8.64. The van der Waals surface area contributed by atoms with Gasteiger partial charge in [-0.1, -0.05) is 19.4 Å². The number of rotatable bonds is 8. The maximum Gasteiger partial charge on any atom is 0.281 e. The molecule has 0 aliphatic heterocycles. The van der Waals surface area contributed by atoms with Crippen molar-refractivity contribution in [2.24, 2.45) is 0 Å². The predicted octanol–water partition coefficient (Wildman–Crippen LogP) is 2.48. The largest absolute Gasteiger partial charge is 0.494 e. The Morgan fingerprint density at radius 2 is 1.75 bits per heavy atom. The molecule has 0 fully saturated rings. The van der Waals surface area contributed by atoms with Gasteiger partial charge in [0, 0.05) is 6.42 Å². The van der Waals surface area contributed by atoms with E-state index in [1.807, 2.05) is 6.92 Å². The fraction of sp³-hybridized carbons (Fsp3) is 0.474. The highest BCUT2D eigenvalue weighted by Crippen LogP contribution is 2.33. The van der Waals surface area contributed by atoms with Crippen molar-refractivity contribution in [1.29, 1.82) is 0 Å². The topological polar surface area (TPSA) is 108 Å². The minimum Gasteiger partial charge on any atom is -0.494 e. The van der Waals surface area contributed by atoms with Crippen LogP contribution in [0.2, 0.25) is 0 Å². The van der Waals surface area contributed by atoms with Gasteiger partial charge < -0.3 is 14.6 Å². The minimum absolute atomic E-state index is 0.231. The molecule has 1 aromatic carbocycles. The van der Waals surface area contributed by atoms with Crippen LogP contribution < -0.4 is 15.0 Å². The monoisotopic (exact) mass is 410 g/mol. The molecule has 2 rings (SSSR count). The molecular formula is C19H26N2O6S. The molecule has 0 unspecified atom stereocenters. The van der Waals surface area contributed by atoms with Gasteiger partial charge in [-0.2, -0.15) is 4.98 Å². The number of aromatic nitrogens is 2. The smallest absolute Gasteiger partial charge is 0.281 e. The number of aryl methyl sites for hydroxylation is 1. The van der Waals surface area contributed by atoms with Gasteiger partial charge in [0.1, 0.15) is 23.0 Å². The van der Waals surface area contributed by atoms with Crippen LogP contribution in [-0.2, 0) is 16.3 Å². The predicted molar refractivity (Wildman–Crippen MR) is 106 cm³/mol. The molecule has 28 heavy (non-hydrogen) atoms. The first kappa shape index (κ1) is 21.7. The lowest BCUT2D eigenvalue weighted by Crippen LogP contribution is -2.32. The van der Waals surface area contributed by atoms with Gasteiger partial charge in [0.2, 0.25) is 5.88 Å². The van der Waals surface area contributed by atoms with E-state index in [9.17, 15) is 18.3 Å². The zero-order chi connectivity index (χ0) is 21.1. The van der Waals surface area contributed by atoms with Gasteiger partial charge in [0.15, 0.2) is 14.7 Å². The summed E-state index contributed by atoms with van der Waals surface area (Å²) >= 11 is 0. The molecular weight excluding hydrogens is 384 g/mol. The van der Waals surface area contributed by atoms with Gasteiger partial charge >= 0.3 is 0 Å². The third kappa shape index (κ3) is 3.84. The highest BCUT2D eigenvalue weighted by atomic mass is 32.2. The molecule has 0 saturated carbocycles. The van der Waals surface area contributed by atoms with E-state index in [0.29, 0.717) is 24.3 Å². The van der Waals surface area contributed by atoms with Crippen LogP contribution in [0.1, 0.15) is 39.4 Å². The average Bonchev–Trinajstić information content (AvgIpc) is 2.65. The number of benzene rings is 1. The van der Waals surface area contributed by atoms with Crippen molar-refractivity contribution in [1.82, 2.24) is 9.55 Å². The molecule has 0 atom stereocenters. The van der Waals surface area contributed by atoms with Crippen LogP contribution in [0.25, 0.3) is 5.69 Å². The highest BCUT2D eigenvalue weighted by molar-refractivity contribution is 7.92. The second-order valence-corrected chi connectivity index (χ2v) is 8.97. The van der Waals surface area contributed by atoms with Crippen molar-refractivity contribution in [2.45, 2.75) is 50.2 Å². The molecule has 1 N–H and O–H groups in total. The van der Waals surface area contributed by atoms with E-state index in [0.717, 1.165) is 6.42 Å². The molecule has 1 aromatic heterocycles. The lowest BCUT2D eigenvalue weighted by atomic mass is 10.2. The lowest BCUT2D eigenvalue weighted by Gasteiger charge is -2.19. The lowest BCUT2D eigenvalue weighted by molar-refractivity contribution is 0.386. The van der Waals surface area contributed by atoms with Gasteiger partial charge in [-0.3, -0.25) is 9.36 Å². The van der Waals surface area contributed by atoms with Crippen molar-refractivity contribution in [3.63, 3.8) is 0 Å². The Morgan fingerprint density at radius 3 is 2.21 bits per heavy atom. The molecule has 9 heteroatoms. The normalized spacial score (nSPS) is 11.6. The number of sulfone groups is 1. The van der Waals surface area contributed by atoms with Crippen LogP contribution in [0, 0.1) is 0 Å². The molecule has 1 heterocycles. The van der Waals surface area contributed by atoms with E-state index in [4.69, 9.17) is 9.47 Å². The second-order valence-electron chi connectivity index (χ2n) is 6.53. The Labute approximate surface area is 164 Å². The Bertz CT molecular complexity index is 990. The average molecular weight is 410 g/mol. The highest BCUT2D eigenvalue weighted by Gasteiger charge is 2.32. The third-order valence-corrected chi connectivity index (χ3v) is 6.55. The van der Waals surface area contributed by atoms with Gasteiger partial charge in [0.25, 0.3) is 5.56 Å². The van der Waals surface area contributed by atoms with Crippen LogP contribution >= 0.6 is 0 Å². The molecule has 0 aliphatic carbocycles. The van der Waals surface area contributed by atoms with Gasteiger partial charge in [-0.25, -0.2) is 8.42 Å². The van der Waals surface area contributed by atoms with Crippen LogP contribution in [0.15, 0.2) is 27.9 Å². The van der Waals surface area contributed by atoms with Gasteiger partial charge in [-0.05, 0) is 32.4 Å². The van der Waals surface area contributed by atoms with E-state index >= 15 is 0 Å². The molecule has 0 spiro atoms. The molecule has 0 saturated heterocycles. The number of nitrogens with zero attached hydrogens (tertiary/aromatic N) is 2. The van der Waals surface area contributed by atoms with E-state index in [-0.39, 0.29) is 11.5 Å². The summed E-state index contributed by atoms with van der Waals surface area (Å²) < 4.78 is 37.4. The number of ether oxygens (including phenoxy) is 2.